The van der Waals surface area contributed by atoms with E-state index < -0.39 is 0 Å². The van der Waals surface area contributed by atoms with E-state index in [0.29, 0.717) is 5.56 Å². The molecule has 2 aromatic carbocycles. The molecule has 92 valence electrons. The number of imidazole rings is 1. The number of rotatable bonds is 2. The van der Waals surface area contributed by atoms with Gasteiger partial charge in [0.05, 0.1) is 5.69 Å². The Balaban J connectivity index is 1.92. The van der Waals surface area contributed by atoms with Crippen molar-refractivity contribution in [3.05, 3.63) is 78.8 Å². The molecule has 3 nitrogen and oxygen atoms in total. The molecule has 0 aliphatic heterocycles. The van der Waals surface area contributed by atoms with E-state index in [1.54, 1.807) is 24.7 Å². The third-order valence-electron chi connectivity index (χ3n) is 2.91. The standard InChI is InChI=1S/C16H12N2O/c19-16(14-9-5-2-6-10-14)18-11-15(17-12-18)13-7-3-1-4-8-13/h1-12H. The van der Waals surface area contributed by atoms with Gasteiger partial charge in [0, 0.05) is 17.3 Å². The van der Waals surface area contributed by atoms with Gasteiger partial charge in [-0.25, -0.2) is 4.98 Å². The first kappa shape index (κ1) is 11.4. The van der Waals surface area contributed by atoms with Gasteiger partial charge in [0.1, 0.15) is 6.33 Å². The molecule has 3 heteroatoms. The Bertz CT molecular complexity index is 687. The second-order valence-corrected chi connectivity index (χ2v) is 4.20. The minimum absolute atomic E-state index is 0.0738. The first-order chi connectivity index (χ1) is 9.34. The molecule has 0 fully saturated rings. The smallest absolute Gasteiger partial charge is 0.263 e. The highest BCUT2D eigenvalue weighted by Crippen LogP contribution is 2.16. The van der Waals surface area contributed by atoms with Crippen molar-refractivity contribution in [3.8, 4) is 11.3 Å². The van der Waals surface area contributed by atoms with Crippen LogP contribution in [-0.4, -0.2) is 15.5 Å². The van der Waals surface area contributed by atoms with Crippen LogP contribution >= 0.6 is 0 Å². The van der Waals surface area contributed by atoms with Crippen molar-refractivity contribution in [3.63, 3.8) is 0 Å². The Morgan fingerprint density at radius 2 is 1.53 bits per heavy atom. The van der Waals surface area contributed by atoms with Crippen LogP contribution in [0.1, 0.15) is 10.4 Å². The van der Waals surface area contributed by atoms with Crippen molar-refractivity contribution in [2.75, 3.05) is 0 Å². The summed E-state index contributed by atoms with van der Waals surface area (Å²) >= 11 is 0. The van der Waals surface area contributed by atoms with Gasteiger partial charge in [0.2, 0.25) is 0 Å². The molecule has 0 aliphatic rings. The highest BCUT2D eigenvalue weighted by Gasteiger charge is 2.09. The Morgan fingerprint density at radius 3 is 2.21 bits per heavy atom. The van der Waals surface area contributed by atoms with Crippen LogP contribution in [0.25, 0.3) is 11.3 Å². The largest absolute Gasteiger partial charge is 0.272 e. The molecule has 0 spiro atoms. The zero-order valence-electron chi connectivity index (χ0n) is 10.2. The van der Waals surface area contributed by atoms with Crippen LogP contribution < -0.4 is 0 Å². The molecule has 0 atom stereocenters. The van der Waals surface area contributed by atoms with Crippen molar-refractivity contribution < 1.29 is 4.79 Å². The topological polar surface area (TPSA) is 34.9 Å². The van der Waals surface area contributed by atoms with Gasteiger partial charge in [0.25, 0.3) is 5.91 Å². The summed E-state index contributed by atoms with van der Waals surface area (Å²) in [6.45, 7) is 0. The van der Waals surface area contributed by atoms with E-state index in [2.05, 4.69) is 4.98 Å². The maximum absolute atomic E-state index is 12.2. The van der Waals surface area contributed by atoms with Crippen LogP contribution in [0.2, 0.25) is 0 Å². The van der Waals surface area contributed by atoms with E-state index >= 15 is 0 Å². The van der Waals surface area contributed by atoms with Crippen LogP contribution in [0, 0.1) is 0 Å². The van der Waals surface area contributed by atoms with Gasteiger partial charge < -0.3 is 0 Å². The quantitative estimate of drug-likeness (QED) is 0.697. The average Bonchev–Trinajstić information content (AvgIpc) is 2.98. The summed E-state index contributed by atoms with van der Waals surface area (Å²) in [6, 6.07) is 19.0. The molecule has 0 unspecified atom stereocenters. The highest BCUT2D eigenvalue weighted by atomic mass is 16.2. The molecule has 0 amide bonds. The molecule has 0 saturated carbocycles. The first-order valence-electron chi connectivity index (χ1n) is 6.04. The molecule has 1 aromatic heterocycles. The molecule has 1 heterocycles. The zero-order chi connectivity index (χ0) is 13.1. The maximum Gasteiger partial charge on any atom is 0.263 e. The summed E-state index contributed by atoms with van der Waals surface area (Å²) in [5.74, 6) is -0.0738. The number of aromatic nitrogens is 2. The summed E-state index contributed by atoms with van der Waals surface area (Å²) in [6.07, 6.45) is 3.31. The monoisotopic (exact) mass is 248 g/mol. The fourth-order valence-electron chi connectivity index (χ4n) is 1.92. The highest BCUT2D eigenvalue weighted by molar-refractivity contribution is 5.96. The lowest BCUT2D eigenvalue weighted by atomic mass is 10.2. The molecule has 0 bridgehead atoms. The van der Waals surface area contributed by atoms with E-state index in [1.165, 1.54) is 4.57 Å². The van der Waals surface area contributed by atoms with Crippen molar-refractivity contribution >= 4 is 5.91 Å². The molecule has 3 rings (SSSR count). The van der Waals surface area contributed by atoms with Gasteiger partial charge in [-0.1, -0.05) is 48.5 Å². The Morgan fingerprint density at radius 1 is 0.895 bits per heavy atom. The third-order valence-corrected chi connectivity index (χ3v) is 2.91. The fourth-order valence-corrected chi connectivity index (χ4v) is 1.92. The molecule has 0 aliphatic carbocycles. The summed E-state index contributed by atoms with van der Waals surface area (Å²) in [4.78, 5) is 16.5. The molecule has 19 heavy (non-hydrogen) atoms. The van der Waals surface area contributed by atoms with Gasteiger partial charge in [-0.05, 0) is 12.1 Å². The van der Waals surface area contributed by atoms with Crippen LogP contribution in [0.15, 0.2) is 73.2 Å². The molecule has 0 saturated heterocycles. The lowest BCUT2D eigenvalue weighted by molar-refractivity contribution is 0.0960. The van der Waals surface area contributed by atoms with Crippen molar-refractivity contribution in [2.45, 2.75) is 0 Å². The first-order valence-corrected chi connectivity index (χ1v) is 6.04. The van der Waals surface area contributed by atoms with Crippen LogP contribution in [0.5, 0.6) is 0 Å². The molecular formula is C16H12N2O. The average molecular weight is 248 g/mol. The third kappa shape index (κ3) is 2.31. The van der Waals surface area contributed by atoms with E-state index in [4.69, 9.17) is 0 Å². The van der Waals surface area contributed by atoms with Crippen LogP contribution in [-0.2, 0) is 0 Å². The van der Waals surface area contributed by atoms with Gasteiger partial charge >= 0.3 is 0 Å². The Hall–Kier alpha value is -2.68. The van der Waals surface area contributed by atoms with E-state index in [-0.39, 0.29) is 5.91 Å². The lowest BCUT2D eigenvalue weighted by Crippen LogP contribution is -2.09. The maximum atomic E-state index is 12.2. The van der Waals surface area contributed by atoms with Gasteiger partial charge in [0.15, 0.2) is 0 Å². The van der Waals surface area contributed by atoms with Crippen molar-refractivity contribution in [1.82, 2.24) is 9.55 Å². The van der Waals surface area contributed by atoms with Gasteiger partial charge in [-0.2, -0.15) is 0 Å². The number of benzene rings is 2. The summed E-state index contributed by atoms with van der Waals surface area (Å²) in [5, 5.41) is 0. The predicted octanol–water partition coefficient (Wildman–Crippen LogP) is 3.24. The number of carbonyl (C=O) groups is 1. The second-order valence-electron chi connectivity index (χ2n) is 4.20. The lowest BCUT2D eigenvalue weighted by Gasteiger charge is -2.00. The zero-order valence-corrected chi connectivity index (χ0v) is 10.2. The minimum Gasteiger partial charge on any atom is -0.272 e. The molecule has 3 aromatic rings. The molecular weight excluding hydrogens is 236 g/mol. The summed E-state index contributed by atoms with van der Waals surface area (Å²) < 4.78 is 1.51. The fraction of sp³-hybridized carbons (Fsp3) is 0. The molecule has 0 N–H and O–H groups in total. The van der Waals surface area contributed by atoms with Gasteiger partial charge in [-0.15, -0.1) is 0 Å². The van der Waals surface area contributed by atoms with Crippen LogP contribution in [0.3, 0.4) is 0 Å². The minimum atomic E-state index is -0.0738. The van der Waals surface area contributed by atoms with E-state index in [9.17, 15) is 4.79 Å². The Kier molecular flexibility index (Phi) is 2.94. The van der Waals surface area contributed by atoms with Crippen molar-refractivity contribution in [2.24, 2.45) is 0 Å². The normalized spacial score (nSPS) is 10.3. The van der Waals surface area contributed by atoms with Crippen LogP contribution in [0.4, 0.5) is 0 Å². The van der Waals surface area contributed by atoms with Gasteiger partial charge in [-0.3, -0.25) is 9.36 Å². The SMILES string of the molecule is O=C(c1ccccc1)n1cnc(-c2ccccc2)c1. The second kappa shape index (κ2) is 4.90. The van der Waals surface area contributed by atoms with E-state index in [0.717, 1.165) is 11.3 Å². The van der Waals surface area contributed by atoms with Crippen molar-refractivity contribution in [1.29, 1.82) is 0 Å². The number of nitrogens with zero attached hydrogens (tertiary/aromatic N) is 2. The summed E-state index contributed by atoms with van der Waals surface area (Å²) in [5.41, 5.74) is 2.45. The number of hydrogen-bond donors (Lipinski definition) is 0. The number of carbonyl (C=O) groups excluding carboxylic acids is 1. The number of hydrogen-bond acceptors (Lipinski definition) is 2. The van der Waals surface area contributed by atoms with E-state index in [1.807, 2.05) is 48.5 Å². The predicted molar refractivity (Wildman–Crippen MR) is 73.8 cm³/mol. The summed E-state index contributed by atoms with van der Waals surface area (Å²) in [7, 11) is 0. The Labute approximate surface area is 111 Å². The molecule has 0 radical (unpaired) electrons.